The molecular formula is C51H67N7O7. The van der Waals surface area contributed by atoms with Gasteiger partial charge in [-0.1, -0.05) is 43.5 Å². The van der Waals surface area contributed by atoms with Crippen molar-refractivity contribution in [3.05, 3.63) is 84.8 Å². The molecule has 4 atom stereocenters. The van der Waals surface area contributed by atoms with Crippen LogP contribution in [-0.4, -0.2) is 141 Å². The van der Waals surface area contributed by atoms with E-state index in [1.807, 2.05) is 49.6 Å². The van der Waals surface area contributed by atoms with Crippen molar-refractivity contribution < 1.29 is 33.3 Å². The molecule has 2 aliphatic heterocycles. The van der Waals surface area contributed by atoms with Crippen LogP contribution in [0.15, 0.2) is 79.3 Å². The van der Waals surface area contributed by atoms with Crippen molar-refractivity contribution in [1.82, 2.24) is 35.4 Å². The van der Waals surface area contributed by atoms with E-state index in [0.29, 0.717) is 64.7 Å². The normalized spacial score (nSPS) is 19.0. The van der Waals surface area contributed by atoms with Crippen LogP contribution in [0.5, 0.6) is 11.6 Å². The van der Waals surface area contributed by atoms with E-state index in [1.54, 1.807) is 13.2 Å². The van der Waals surface area contributed by atoms with Gasteiger partial charge in [-0.15, -0.1) is 0 Å². The summed E-state index contributed by atoms with van der Waals surface area (Å²) in [6, 6.07) is 20.0. The van der Waals surface area contributed by atoms with Crippen molar-refractivity contribution in [3.8, 4) is 22.8 Å². The molecule has 3 fully saturated rings. The van der Waals surface area contributed by atoms with Crippen molar-refractivity contribution in [1.29, 1.82) is 0 Å². The largest absolute Gasteiger partial charge is 0.491 e. The Balaban J connectivity index is 0.650. The quantitative estimate of drug-likeness (QED) is 0.0623. The zero-order valence-corrected chi connectivity index (χ0v) is 38.2. The minimum Gasteiger partial charge on any atom is -0.491 e. The number of hydrogen-bond donors (Lipinski definition) is 3. The van der Waals surface area contributed by atoms with Gasteiger partial charge in [0.05, 0.1) is 45.7 Å². The number of aromatic nitrogens is 3. The fourth-order valence-electron chi connectivity index (χ4n) is 9.69. The molecule has 0 radical (unpaired) electrons. The highest BCUT2D eigenvalue weighted by atomic mass is 16.6. The number of nitrogens with zero attached hydrogens (tertiary/aromatic N) is 4. The summed E-state index contributed by atoms with van der Waals surface area (Å²) in [5, 5.41) is 8.48. The predicted octanol–water partition coefficient (Wildman–Crippen LogP) is 6.42. The van der Waals surface area contributed by atoms with E-state index in [-0.39, 0.29) is 29.8 Å². The number of H-pyrrole nitrogens is 1. The first-order valence-corrected chi connectivity index (χ1v) is 23.8. The minimum absolute atomic E-state index is 0.0892. The number of fused-ring (bicyclic) bond motifs is 4. The Hall–Kier alpha value is -5.12. The van der Waals surface area contributed by atoms with Crippen LogP contribution in [0.4, 0.5) is 0 Å². The lowest BCUT2D eigenvalue weighted by atomic mass is 9.83. The van der Waals surface area contributed by atoms with Gasteiger partial charge in [0.25, 0.3) is 0 Å². The SMILES string of the molecule is CN[C@@H](C)C(=O)N[C@H](C(=O)N1CC[C@H]2CCN(CCc3ccc(OCCOCCOCCOCCOc4ccc(-c5ccc6c(c5)[nH]c5ccncc56)cn4)cc3)C[C@H]21)C1CCCCC1. The number of benzene rings is 2. The number of carbonyl (C=O) groups is 2. The monoisotopic (exact) mass is 890 g/mol. The van der Waals surface area contributed by atoms with E-state index in [0.717, 1.165) is 110 Å². The van der Waals surface area contributed by atoms with Crippen LogP contribution in [0.2, 0.25) is 0 Å². The molecule has 1 aliphatic carbocycles. The summed E-state index contributed by atoms with van der Waals surface area (Å²) in [6.45, 7) is 9.24. The molecule has 5 heterocycles. The molecule has 2 aromatic carbocycles. The highest BCUT2D eigenvalue weighted by molar-refractivity contribution is 6.07. The van der Waals surface area contributed by atoms with Crippen LogP contribution >= 0.6 is 0 Å². The Kier molecular flexibility index (Phi) is 16.7. The van der Waals surface area contributed by atoms with E-state index in [1.165, 1.54) is 12.0 Å². The molecule has 14 nitrogen and oxygen atoms in total. The average Bonchev–Trinajstić information content (AvgIpc) is 3.95. The Morgan fingerprint density at radius 2 is 1.49 bits per heavy atom. The van der Waals surface area contributed by atoms with Crippen molar-refractivity contribution in [2.45, 2.75) is 76.4 Å². The first-order chi connectivity index (χ1) is 31.9. The maximum absolute atomic E-state index is 14.2. The van der Waals surface area contributed by atoms with Gasteiger partial charge in [-0.25, -0.2) is 4.98 Å². The number of hydrogen-bond acceptors (Lipinski definition) is 11. The Bertz CT molecular complexity index is 2270. The number of likely N-dealkylation sites (tertiary alicyclic amines) is 2. The summed E-state index contributed by atoms with van der Waals surface area (Å²) >= 11 is 0. The van der Waals surface area contributed by atoms with Gasteiger partial charge in [-0.05, 0) is 106 Å². The van der Waals surface area contributed by atoms with Crippen molar-refractivity contribution in [3.63, 3.8) is 0 Å². The molecule has 3 aromatic heterocycles. The number of likely N-dealkylation sites (N-methyl/N-ethyl adjacent to an activating group) is 1. The van der Waals surface area contributed by atoms with E-state index < -0.39 is 6.04 Å². The van der Waals surface area contributed by atoms with Crippen molar-refractivity contribution >= 4 is 33.6 Å². The van der Waals surface area contributed by atoms with E-state index in [9.17, 15) is 9.59 Å². The Morgan fingerprint density at radius 3 is 2.23 bits per heavy atom. The molecule has 8 rings (SSSR count). The van der Waals surface area contributed by atoms with Crippen molar-refractivity contribution in [2.75, 3.05) is 86.1 Å². The summed E-state index contributed by atoms with van der Waals surface area (Å²) in [4.78, 5) is 44.0. The highest BCUT2D eigenvalue weighted by Crippen LogP contribution is 2.35. The summed E-state index contributed by atoms with van der Waals surface area (Å²) < 4.78 is 28.7. The number of aromatic amines is 1. The maximum atomic E-state index is 14.2. The number of pyridine rings is 2. The summed E-state index contributed by atoms with van der Waals surface area (Å²) in [7, 11) is 1.78. The zero-order valence-electron chi connectivity index (χ0n) is 38.2. The second-order valence-corrected chi connectivity index (χ2v) is 17.8. The molecule has 3 N–H and O–H groups in total. The van der Waals surface area contributed by atoms with Crippen LogP contribution < -0.4 is 20.1 Å². The molecule has 0 spiro atoms. The Morgan fingerprint density at radius 1 is 0.769 bits per heavy atom. The van der Waals surface area contributed by atoms with Gasteiger partial charge in [-0.2, -0.15) is 0 Å². The molecule has 3 aliphatic rings. The molecule has 14 heteroatoms. The molecule has 2 saturated heterocycles. The van der Waals surface area contributed by atoms with Gasteiger partial charge in [0.1, 0.15) is 25.0 Å². The van der Waals surface area contributed by atoms with Crippen LogP contribution in [0.3, 0.4) is 0 Å². The predicted molar refractivity (Wildman–Crippen MR) is 252 cm³/mol. The van der Waals surface area contributed by atoms with E-state index in [4.69, 9.17) is 23.7 Å². The average molecular weight is 890 g/mol. The molecule has 1 saturated carbocycles. The van der Waals surface area contributed by atoms with Crippen LogP contribution in [-0.2, 0) is 30.2 Å². The molecule has 0 unspecified atom stereocenters. The number of nitrogens with one attached hydrogen (secondary N) is 3. The molecular weight excluding hydrogens is 823 g/mol. The van der Waals surface area contributed by atoms with Crippen molar-refractivity contribution in [2.24, 2.45) is 11.8 Å². The fraction of sp³-hybridized carbons (Fsp3) is 0.529. The number of amides is 2. The topological polar surface area (TPSA) is 152 Å². The molecule has 5 aromatic rings. The second-order valence-electron chi connectivity index (χ2n) is 17.8. The smallest absolute Gasteiger partial charge is 0.245 e. The van der Waals surface area contributed by atoms with E-state index in [2.05, 4.69) is 65.7 Å². The number of ether oxygens (including phenoxy) is 5. The zero-order chi connectivity index (χ0) is 44.8. The lowest BCUT2D eigenvalue weighted by Gasteiger charge is -2.41. The fourth-order valence-corrected chi connectivity index (χ4v) is 9.69. The second kappa shape index (κ2) is 23.4. The third kappa shape index (κ3) is 12.4. The highest BCUT2D eigenvalue weighted by Gasteiger charge is 2.44. The lowest BCUT2D eigenvalue weighted by molar-refractivity contribution is -0.140. The first kappa shape index (κ1) is 46.4. The number of rotatable bonds is 23. The molecule has 2 amide bonds. The van der Waals surface area contributed by atoms with Gasteiger partial charge < -0.3 is 49.1 Å². The van der Waals surface area contributed by atoms with Crippen LogP contribution in [0, 0.1) is 11.8 Å². The third-order valence-corrected chi connectivity index (χ3v) is 13.6. The summed E-state index contributed by atoms with van der Waals surface area (Å²) in [5.74, 6) is 2.17. The number of piperidine rings is 1. The van der Waals surface area contributed by atoms with Crippen LogP contribution in [0.1, 0.15) is 57.4 Å². The Labute approximate surface area is 383 Å². The molecule has 65 heavy (non-hydrogen) atoms. The third-order valence-electron chi connectivity index (χ3n) is 13.6. The minimum atomic E-state index is -0.433. The number of carbonyl (C=O) groups excluding carboxylic acids is 2. The maximum Gasteiger partial charge on any atom is 0.245 e. The van der Waals surface area contributed by atoms with Crippen LogP contribution in [0.25, 0.3) is 32.9 Å². The molecule has 0 bridgehead atoms. The molecule has 348 valence electrons. The lowest BCUT2D eigenvalue weighted by Crippen LogP contribution is -2.58. The summed E-state index contributed by atoms with van der Waals surface area (Å²) in [5.41, 5.74) is 5.50. The standard InChI is InChI=1S/C51H67N7O7/c1-36(52-2)50(59)56-49(39-6-4-3-5-7-39)51(60)58-23-19-38-18-22-57(35-47(38)58)21-17-37-8-12-42(13-9-37)64-30-28-62-26-24-61-25-27-63-29-31-65-48-15-11-41(33-54-48)40-10-14-43-44-34-53-20-16-45(44)55-46(43)32-40/h8-16,20,32-34,36,38-39,47,49,52,55H,3-7,17-19,21-31,35H2,1-2H3,(H,56,59)/t36-,38+,47+,49-/m0/s1. The summed E-state index contributed by atoms with van der Waals surface area (Å²) in [6.07, 6.45) is 14.1. The van der Waals surface area contributed by atoms with Gasteiger partial charge in [0.2, 0.25) is 17.7 Å². The van der Waals surface area contributed by atoms with Gasteiger partial charge in [-0.3, -0.25) is 14.6 Å². The van der Waals surface area contributed by atoms with Gasteiger partial charge in [0.15, 0.2) is 0 Å². The van der Waals surface area contributed by atoms with Gasteiger partial charge in [0, 0.05) is 77.7 Å². The van der Waals surface area contributed by atoms with Gasteiger partial charge >= 0.3 is 0 Å². The van der Waals surface area contributed by atoms with E-state index >= 15 is 0 Å². The first-order valence-electron chi connectivity index (χ1n) is 23.8.